The Morgan fingerprint density at radius 1 is 1.00 bits per heavy atom. The van der Waals surface area contributed by atoms with Crippen LogP contribution in [0.25, 0.3) is 16.8 Å². The summed E-state index contributed by atoms with van der Waals surface area (Å²) in [7, 11) is -1.84. The molecule has 2 aromatic rings. The molecule has 5 heteroatoms. The first-order valence-corrected chi connectivity index (χ1v) is 13.3. The van der Waals surface area contributed by atoms with Gasteiger partial charge in [-0.2, -0.15) is 0 Å². The maximum atomic E-state index is 9.65. The van der Waals surface area contributed by atoms with E-state index >= 15 is 0 Å². The predicted octanol–water partition coefficient (Wildman–Crippen LogP) is 5.81. The van der Waals surface area contributed by atoms with Gasteiger partial charge in [0.2, 0.25) is 14.6 Å². The van der Waals surface area contributed by atoms with E-state index < -0.39 is 14.6 Å². The zero-order valence-electron chi connectivity index (χ0n) is 18.0. The van der Waals surface area contributed by atoms with Gasteiger partial charge in [0.25, 0.3) is 0 Å². The Balaban J connectivity index is 1.63. The molecule has 1 aliphatic heterocycles. The molecule has 29 heavy (non-hydrogen) atoms. The standard InChI is InChI=1S/C24H31NO3Si/c1-24(2,3)29(4,5)28-21-10-8-17(9-11-21)19-12-18(16-6-7-16)13-20(14-19)22-15-23(26)27-25-22/h8-16,23,25-26H,6-7H2,1-5H3. The smallest absolute Gasteiger partial charge is 0.250 e. The van der Waals surface area contributed by atoms with Gasteiger partial charge in [0.1, 0.15) is 5.75 Å². The van der Waals surface area contributed by atoms with Crippen molar-refractivity contribution in [3.63, 3.8) is 0 Å². The van der Waals surface area contributed by atoms with Crippen LogP contribution in [0.1, 0.15) is 50.7 Å². The normalized spacial score (nSPS) is 19.7. The summed E-state index contributed by atoms with van der Waals surface area (Å²) in [6.07, 6.45) is 3.29. The topological polar surface area (TPSA) is 50.7 Å². The van der Waals surface area contributed by atoms with Crippen LogP contribution in [0.4, 0.5) is 0 Å². The van der Waals surface area contributed by atoms with E-state index in [1.807, 2.05) is 0 Å². The molecule has 4 rings (SSSR count). The molecule has 0 amide bonds. The van der Waals surface area contributed by atoms with Gasteiger partial charge in [-0.3, -0.25) is 5.48 Å². The highest BCUT2D eigenvalue weighted by atomic mass is 28.4. The molecule has 0 aromatic heterocycles. The van der Waals surface area contributed by atoms with Crippen LogP contribution in [0.5, 0.6) is 5.75 Å². The summed E-state index contributed by atoms with van der Waals surface area (Å²) in [4.78, 5) is 5.07. The number of benzene rings is 2. The minimum Gasteiger partial charge on any atom is -0.544 e. The van der Waals surface area contributed by atoms with E-state index in [1.54, 1.807) is 6.08 Å². The highest BCUT2D eigenvalue weighted by molar-refractivity contribution is 6.74. The van der Waals surface area contributed by atoms with Crippen molar-refractivity contribution in [2.45, 2.75) is 64.0 Å². The number of hydrogen-bond donors (Lipinski definition) is 2. The molecule has 2 N–H and O–H groups in total. The third kappa shape index (κ3) is 4.42. The highest BCUT2D eigenvalue weighted by Gasteiger charge is 2.38. The number of hydroxylamine groups is 1. The van der Waals surface area contributed by atoms with Crippen molar-refractivity contribution >= 4 is 14.0 Å². The van der Waals surface area contributed by atoms with Gasteiger partial charge in [0.05, 0.1) is 5.70 Å². The van der Waals surface area contributed by atoms with Crippen LogP contribution >= 0.6 is 0 Å². The van der Waals surface area contributed by atoms with E-state index in [4.69, 9.17) is 9.26 Å². The molecule has 0 bridgehead atoms. The second kappa shape index (κ2) is 7.31. The van der Waals surface area contributed by atoms with Crippen LogP contribution in [0.2, 0.25) is 18.1 Å². The molecule has 4 nitrogen and oxygen atoms in total. The maximum Gasteiger partial charge on any atom is 0.250 e. The Hall–Kier alpha value is -2.08. The lowest BCUT2D eigenvalue weighted by Crippen LogP contribution is -2.43. The predicted molar refractivity (Wildman–Crippen MR) is 120 cm³/mol. The molecule has 0 spiro atoms. The Bertz CT molecular complexity index is 924. The van der Waals surface area contributed by atoms with Gasteiger partial charge < -0.3 is 9.53 Å². The first-order chi connectivity index (χ1) is 13.6. The van der Waals surface area contributed by atoms with Crippen molar-refractivity contribution in [2.24, 2.45) is 0 Å². The summed E-state index contributed by atoms with van der Waals surface area (Å²) < 4.78 is 6.42. The second-order valence-electron chi connectivity index (χ2n) is 9.70. The summed E-state index contributed by atoms with van der Waals surface area (Å²) in [5.74, 6) is 1.58. The first-order valence-electron chi connectivity index (χ1n) is 10.4. The average Bonchev–Trinajstić information content (AvgIpc) is 3.42. The van der Waals surface area contributed by atoms with Gasteiger partial charge in [-0.1, -0.05) is 39.0 Å². The van der Waals surface area contributed by atoms with E-state index in [2.05, 4.69) is 81.8 Å². The van der Waals surface area contributed by atoms with Crippen molar-refractivity contribution < 1.29 is 14.4 Å². The monoisotopic (exact) mass is 409 g/mol. The lowest BCUT2D eigenvalue weighted by Gasteiger charge is -2.36. The van der Waals surface area contributed by atoms with Crippen LogP contribution in [0, 0.1) is 0 Å². The van der Waals surface area contributed by atoms with E-state index in [0.29, 0.717) is 5.92 Å². The van der Waals surface area contributed by atoms with Crippen molar-refractivity contribution in [3.8, 4) is 16.9 Å². The van der Waals surface area contributed by atoms with E-state index in [0.717, 1.165) is 22.6 Å². The number of hydrogen-bond acceptors (Lipinski definition) is 4. The van der Waals surface area contributed by atoms with Crippen LogP contribution in [0.15, 0.2) is 48.5 Å². The van der Waals surface area contributed by atoms with Crippen LogP contribution in [-0.4, -0.2) is 19.7 Å². The van der Waals surface area contributed by atoms with Crippen LogP contribution < -0.4 is 9.91 Å². The molecule has 1 unspecified atom stereocenters. The van der Waals surface area contributed by atoms with Crippen LogP contribution in [-0.2, 0) is 4.84 Å². The third-order valence-electron chi connectivity index (χ3n) is 6.28. The van der Waals surface area contributed by atoms with Gasteiger partial charge >= 0.3 is 0 Å². The summed E-state index contributed by atoms with van der Waals surface area (Å²) in [5.41, 5.74) is 8.38. The molecule has 2 aromatic carbocycles. The minimum absolute atomic E-state index is 0.174. The highest BCUT2D eigenvalue weighted by Crippen LogP contribution is 2.43. The third-order valence-corrected chi connectivity index (χ3v) is 10.6. The summed E-state index contributed by atoms with van der Waals surface area (Å²) in [6.45, 7) is 11.3. The average molecular weight is 410 g/mol. The molecule has 1 saturated carbocycles. The molecule has 0 radical (unpaired) electrons. The first kappa shape index (κ1) is 20.2. The van der Waals surface area contributed by atoms with Crippen molar-refractivity contribution in [1.29, 1.82) is 0 Å². The Morgan fingerprint density at radius 2 is 1.66 bits per heavy atom. The summed E-state index contributed by atoms with van der Waals surface area (Å²) in [6, 6.07) is 15.1. The van der Waals surface area contributed by atoms with Crippen LogP contribution in [0.3, 0.4) is 0 Å². The molecule has 154 valence electrons. The molecule has 1 atom stereocenters. The van der Waals surface area contributed by atoms with E-state index in [1.165, 1.54) is 24.0 Å². The lowest BCUT2D eigenvalue weighted by atomic mass is 9.96. The van der Waals surface area contributed by atoms with Gasteiger partial charge in [-0.25, -0.2) is 4.84 Å². The maximum absolute atomic E-state index is 9.65. The number of nitrogens with one attached hydrogen (secondary N) is 1. The zero-order valence-corrected chi connectivity index (χ0v) is 19.0. The van der Waals surface area contributed by atoms with Crippen molar-refractivity contribution in [3.05, 3.63) is 59.7 Å². The zero-order chi connectivity index (χ0) is 20.8. The van der Waals surface area contributed by atoms with Crippen molar-refractivity contribution in [1.82, 2.24) is 5.48 Å². The molecule has 1 heterocycles. The molecule has 0 saturated heterocycles. The van der Waals surface area contributed by atoms with Gasteiger partial charge in [-0.15, -0.1) is 0 Å². The molecular formula is C24H31NO3Si. The lowest BCUT2D eigenvalue weighted by molar-refractivity contribution is -0.0821. The summed E-state index contributed by atoms with van der Waals surface area (Å²) in [5, 5.41) is 9.82. The minimum atomic E-state index is -1.84. The Morgan fingerprint density at radius 3 is 2.21 bits per heavy atom. The molecule has 2 aliphatic rings. The number of aliphatic hydroxyl groups excluding tert-OH is 1. The number of aliphatic hydroxyl groups is 1. The Kier molecular flexibility index (Phi) is 5.09. The molecular weight excluding hydrogens is 378 g/mol. The van der Waals surface area contributed by atoms with E-state index in [9.17, 15) is 5.11 Å². The fraction of sp³-hybridized carbons (Fsp3) is 0.417. The van der Waals surface area contributed by atoms with Crippen molar-refractivity contribution in [2.75, 3.05) is 0 Å². The van der Waals surface area contributed by atoms with Gasteiger partial charge in [0.15, 0.2) is 0 Å². The van der Waals surface area contributed by atoms with E-state index in [-0.39, 0.29) is 5.04 Å². The fourth-order valence-electron chi connectivity index (χ4n) is 3.28. The second-order valence-corrected chi connectivity index (χ2v) is 14.4. The Labute approximate surface area is 174 Å². The SMILES string of the molecule is CC(C)(C)[Si](C)(C)Oc1ccc(-c2cc(C3=CC(O)ON3)cc(C3CC3)c2)cc1. The fourth-order valence-corrected chi connectivity index (χ4v) is 4.31. The molecule has 1 aliphatic carbocycles. The quantitative estimate of drug-likeness (QED) is 0.612. The molecule has 1 fully saturated rings. The summed E-state index contributed by atoms with van der Waals surface area (Å²) >= 11 is 0. The van der Waals surface area contributed by atoms with Gasteiger partial charge in [0, 0.05) is 5.56 Å². The number of rotatable bonds is 5. The van der Waals surface area contributed by atoms with Gasteiger partial charge in [-0.05, 0) is 83.9 Å². The largest absolute Gasteiger partial charge is 0.544 e.